The molecule has 5 heteroatoms. The van der Waals surface area contributed by atoms with Crippen molar-refractivity contribution in [2.75, 3.05) is 0 Å². The van der Waals surface area contributed by atoms with Gasteiger partial charge in [0.2, 0.25) is 0 Å². The quantitative estimate of drug-likeness (QED) is 0.749. The first-order valence-corrected chi connectivity index (χ1v) is 5.49. The van der Waals surface area contributed by atoms with Crippen molar-refractivity contribution in [3.05, 3.63) is 64.0 Å². The van der Waals surface area contributed by atoms with Crippen LogP contribution in [0.25, 0.3) is 11.4 Å². The van der Waals surface area contributed by atoms with Gasteiger partial charge in [0.25, 0.3) is 0 Å². The van der Waals surface area contributed by atoms with Crippen molar-refractivity contribution in [3.63, 3.8) is 0 Å². The van der Waals surface area contributed by atoms with E-state index in [1.54, 1.807) is 18.2 Å². The Morgan fingerprint density at radius 2 is 1.94 bits per heavy atom. The summed E-state index contributed by atoms with van der Waals surface area (Å²) in [6.45, 7) is 3.92. The van der Waals surface area contributed by atoms with Crippen LogP contribution in [-0.2, 0) is 13.6 Å². The number of rotatable bonds is 3. The third-order valence-electron chi connectivity index (χ3n) is 2.61. The van der Waals surface area contributed by atoms with Gasteiger partial charge < -0.3 is 0 Å². The van der Waals surface area contributed by atoms with E-state index in [9.17, 15) is 9.59 Å². The Morgan fingerprint density at radius 1 is 1.28 bits per heavy atom. The highest BCUT2D eigenvalue weighted by Crippen LogP contribution is 2.13. The molecule has 5 nitrogen and oxygen atoms in total. The van der Waals surface area contributed by atoms with Crippen molar-refractivity contribution in [2.24, 2.45) is 7.05 Å². The van der Waals surface area contributed by atoms with Crippen LogP contribution >= 0.6 is 0 Å². The van der Waals surface area contributed by atoms with Crippen LogP contribution in [-0.4, -0.2) is 14.1 Å². The van der Waals surface area contributed by atoms with Crippen LogP contribution in [0.5, 0.6) is 0 Å². The zero-order chi connectivity index (χ0) is 13.1. The molecule has 0 atom stereocenters. The zero-order valence-corrected chi connectivity index (χ0v) is 10.0. The SMILES string of the molecule is C=CCn1c(-c2ccccc2)nc(=O)n(C)c1=O. The highest BCUT2D eigenvalue weighted by molar-refractivity contribution is 5.54. The Morgan fingerprint density at radius 3 is 2.56 bits per heavy atom. The number of nitrogens with zero attached hydrogens (tertiary/aromatic N) is 3. The summed E-state index contributed by atoms with van der Waals surface area (Å²) >= 11 is 0. The maximum atomic E-state index is 12.0. The van der Waals surface area contributed by atoms with Gasteiger partial charge in [0.15, 0.2) is 0 Å². The first-order valence-electron chi connectivity index (χ1n) is 5.49. The molecule has 0 aliphatic heterocycles. The topological polar surface area (TPSA) is 56.9 Å². The highest BCUT2D eigenvalue weighted by atomic mass is 16.2. The summed E-state index contributed by atoms with van der Waals surface area (Å²) in [5, 5.41) is 0. The van der Waals surface area contributed by atoms with Gasteiger partial charge in [-0.25, -0.2) is 14.2 Å². The molecule has 0 spiro atoms. The molecule has 1 aromatic carbocycles. The number of hydrogen-bond donors (Lipinski definition) is 0. The van der Waals surface area contributed by atoms with Crippen molar-refractivity contribution < 1.29 is 0 Å². The van der Waals surface area contributed by atoms with Gasteiger partial charge in [-0.05, 0) is 0 Å². The van der Waals surface area contributed by atoms with Crippen LogP contribution in [0.15, 0.2) is 52.6 Å². The van der Waals surface area contributed by atoms with Crippen molar-refractivity contribution in [1.29, 1.82) is 0 Å². The minimum Gasteiger partial charge on any atom is -0.273 e. The van der Waals surface area contributed by atoms with Crippen LogP contribution in [0.3, 0.4) is 0 Å². The third kappa shape index (κ3) is 2.02. The van der Waals surface area contributed by atoms with Crippen LogP contribution in [0, 0.1) is 0 Å². The van der Waals surface area contributed by atoms with E-state index in [-0.39, 0.29) is 0 Å². The molecule has 0 bridgehead atoms. The smallest absolute Gasteiger partial charge is 0.273 e. The summed E-state index contributed by atoms with van der Waals surface area (Å²) < 4.78 is 2.40. The lowest BCUT2D eigenvalue weighted by molar-refractivity contribution is 0.626. The molecule has 92 valence electrons. The van der Waals surface area contributed by atoms with Crippen LogP contribution in [0.4, 0.5) is 0 Å². The third-order valence-corrected chi connectivity index (χ3v) is 2.61. The lowest BCUT2D eigenvalue weighted by Gasteiger charge is -2.10. The molecule has 1 aromatic heterocycles. The van der Waals surface area contributed by atoms with Gasteiger partial charge in [-0.2, -0.15) is 4.98 Å². The average Bonchev–Trinajstić information content (AvgIpc) is 2.40. The molecule has 0 saturated heterocycles. The predicted octanol–water partition coefficient (Wildman–Crippen LogP) is 0.795. The van der Waals surface area contributed by atoms with E-state index in [1.807, 2.05) is 18.2 Å². The van der Waals surface area contributed by atoms with E-state index < -0.39 is 11.4 Å². The van der Waals surface area contributed by atoms with Crippen LogP contribution < -0.4 is 11.4 Å². The van der Waals surface area contributed by atoms with Gasteiger partial charge in [0, 0.05) is 19.2 Å². The summed E-state index contributed by atoms with van der Waals surface area (Å²) in [7, 11) is 1.41. The van der Waals surface area contributed by atoms with Crippen molar-refractivity contribution in [1.82, 2.24) is 14.1 Å². The minimum atomic E-state index is -0.556. The average molecular weight is 243 g/mol. The molecule has 0 aliphatic carbocycles. The number of benzene rings is 1. The fourth-order valence-electron chi connectivity index (χ4n) is 1.68. The van der Waals surface area contributed by atoms with Crippen LogP contribution in [0.2, 0.25) is 0 Å². The molecule has 2 aromatic rings. The molecule has 0 unspecified atom stereocenters. The second-order valence-electron chi connectivity index (χ2n) is 3.82. The molecule has 0 amide bonds. The Balaban J connectivity index is 2.78. The van der Waals surface area contributed by atoms with Crippen LogP contribution in [0.1, 0.15) is 0 Å². The fourth-order valence-corrected chi connectivity index (χ4v) is 1.68. The first-order chi connectivity index (χ1) is 8.65. The van der Waals surface area contributed by atoms with Crippen molar-refractivity contribution in [2.45, 2.75) is 6.54 Å². The maximum absolute atomic E-state index is 12.0. The van der Waals surface area contributed by atoms with E-state index in [4.69, 9.17) is 0 Å². The minimum absolute atomic E-state index is 0.310. The molecular weight excluding hydrogens is 230 g/mol. The molecule has 0 fully saturated rings. The monoisotopic (exact) mass is 243 g/mol. The second-order valence-corrected chi connectivity index (χ2v) is 3.82. The molecule has 0 N–H and O–H groups in total. The van der Waals surface area contributed by atoms with Gasteiger partial charge in [-0.15, -0.1) is 6.58 Å². The molecular formula is C13H13N3O2. The van der Waals surface area contributed by atoms with E-state index >= 15 is 0 Å². The molecule has 0 aliphatic rings. The van der Waals surface area contributed by atoms with E-state index in [0.29, 0.717) is 12.4 Å². The number of aromatic nitrogens is 3. The van der Waals surface area contributed by atoms with E-state index in [2.05, 4.69) is 11.6 Å². The zero-order valence-electron chi connectivity index (χ0n) is 10.0. The van der Waals surface area contributed by atoms with Gasteiger partial charge in [0.05, 0.1) is 0 Å². The van der Waals surface area contributed by atoms with Gasteiger partial charge in [-0.3, -0.25) is 4.57 Å². The normalized spacial score (nSPS) is 10.3. The first kappa shape index (κ1) is 12.0. The van der Waals surface area contributed by atoms with E-state index in [0.717, 1.165) is 10.1 Å². The summed E-state index contributed by atoms with van der Waals surface area (Å²) in [5.74, 6) is 0.364. The predicted molar refractivity (Wildman–Crippen MR) is 69.4 cm³/mol. The highest BCUT2D eigenvalue weighted by Gasteiger charge is 2.11. The molecule has 0 saturated carbocycles. The molecule has 2 rings (SSSR count). The maximum Gasteiger partial charge on any atom is 0.353 e. The fraction of sp³-hybridized carbons (Fsp3) is 0.154. The molecule has 0 radical (unpaired) electrons. The van der Waals surface area contributed by atoms with Gasteiger partial charge in [0.1, 0.15) is 5.82 Å². The van der Waals surface area contributed by atoms with E-state index in [1.165, 1.54) is 11.6 Å². The van der Waals surface area contributed by atoms with Crippen molar-refractivity contribution >= 4 is 0 Å². The van der Waals surface area contributed by atoms with Gasteiger partial charge in [-0.1, -0.05) is 36.4 Å². The summed E-state index contributed by atoms with van der Waals surface area (Å²) in [5.41, 5.74) is -0.220. The number of hydrogen-bond acceptors (Lipinski definition) is 3. The second kappa shape index (κ2) is 4.83. The molecule has 18 heavy (non-hydrogen) atoms. The lowest BCUT2D eigenvalue weighted by Crippen LogP contribution is -2.40. The largest absolute Gasteiger partial charge is 0.353 e. The van der Waals surface area contributed by atoms with Gasteiger partial charge >= 0.3 is 11.4 Å². The summed E-state index contributed by atoms with van der Waals surface area (Å²) in [6.07, 6.45) is 1.60. The Bertz CT molecular complexity index is 684. The number of allylic oxidation sites excluding steroid dienone is 1. The molecule has 1 heterocycles. The van der Waals surface area contributed by atoms with Crippen molar-refractivity contribution in [3.8, 4) is 11.4 Å². The summed E-state index contributed by atoms with van der Waals surface area (Å²) in [4.78, 5) is 27.6. The Kier molecular flexibility index (Phi) is 3.23. The summed E-state index contributed by atoms with van der Waals surface area (Å²) in [6, 6.07) is 9.14. The standard InChI is InChI=1S/C13H13N3O2/c1-3-9-16-11(10-7-5-4-6-8-10)14-12(17)15(2)13(16)18/h3-8H,1,9H2,2H3. The Hall–Kier alpha value is -2.43. The Labute approximate surface area is 104 Å². The lowest BCUT2D eigenvalue weighted by atomic mass is 10.2.